The number of esters is 1. The number of rotatable bonds is 22. The fourth-order valence-electron chi connectivity index (χ4n) is 4.10. The van der Waals surface area contributed by atoms with Crippen LogP contribution in [0, 0.1) is 5.82 Å². The SMILES string of the molecule is CCCCCC(I)CCCC(I)CCCCCCCC(=O)OCCCCCn1cc(F)c(=O)[nH]c1=O. The van der Waals surface area contributed by atoms with Crippen LogP contribution in [0.2, 0.25) is 0 Å². The lowest BCUT2D eigenvalue weighted by Crippen LogP contribution is -2.31. The summed E-state index contributed by atoms with van der Waals surface area (Å²) in [5, 5.41) is 0. The molecule has 0 amide bonds. The highest BCUT2D eigenvalue weighted by atomic mass is 127. The number of halogens is 3. The van der Waals surface area contributed by atoms with Crippen molar-refractivity contribution in [2.75, 3.05) is 6.61 Å². The van der Waals surface area contributed by atoms with E-state index >= 15 is 0 Å². The number of unbranched alkanes of at least 4 members (excludes halogenated alkanes) is 8. The Kier molecular flexibility index (Phi) is 20.0. The number of nitrogens with zero attached hydrogens (tertiary/aromatic N) is 1. The molecule has 0 saturated carbocycles. The highest BCUT2D eigenvalue weighted by molar-refractivity contribution is 14.1. The molecular formula is C27H45FI2N2O4. The van der Waals surface area contributed by atoms with Crippen LogP contribution in [0.3, 0.4) is 0 Å². The fraction of sp³-hybridized carbons (Fsp3) is 0.815. The van der Waals surface area contributed by atoms with Crippen molar-refractivity contribution in [1.82, 2.24) is 9.55 Å². The van der Waals surface area contributed by atoms with E-state index in [2.05, 4.69) is 52.1 Å². The van der Waals surface area contributed by atoms with E-state index in [1.54, 1.807) is 0 Å². The molecule has 1 aromatic rings. The van der Waals surface area contributed by atoms with Crippen LogP contribution in [0.1, 0.15) is 116 Å². The van der Waals surface area contributed by atoms with Crippen LogP contribution in [-0.2, 0) is 16.1 Å². The van der Waals surface area contributed by atoms with E-state index in [1.165, 1.54) is 70.6 Å². The number of aromatic nitrogens is 2. The summed E-state index contributed by atoms with van der Waals surface area (Å²) in [6.45, 7) is 2.94. The highest BCUT2D eigenvalue weighted by Gasteiger charge is 2.08. The van der Waals surface area contributed by atoms with E-state index in [4.69, 9.17) is 4.74 Å². The molecule has 6 nitrogen and oxygen atoms in total. The third-order valence-electron chi connectivity index (χ3n) is 6.33. The summed E-state index contributed by atoms with van der Waals surface area (Å²) in [4.78, 5) is 36.4. The van der Waals surface area contributed by atoms with Gasteiger partial charge < -0.3 is 4.74 Å². The molecule has 9 heteroatoms. The number of alkyl halides is 2. The monoisotopic (exact) mass is 734 g/mol. The first kappa shape index (κ1) is 33.6. The van der Waals surface area contributed by atoms with Gasteiger partial charge in [0.1, 0.15) is 0 Å². The van der Waals surface area contributed by atoms with Crippen LogP contribution in [-0.4, -0.2) is 30.0 Å². The Hall–Kier alpha value is -0.460. The van der Waals surface area contributed by atoms with Crippen molar-refractivity contribution >= 4 is 51.2 Å². The summed E-state index contributed by atoms with van der Waals surface area (Å²) in [7, 11) is 0. The van der Waals surface area contributed by atoms with Crippen LogP contribution in [0.5, 0.6) is 0 Å². The smallest absolute Gasteiger partial charge is 0.328 e. The topological polar surface area (TPSA) is 81.2 Å². The molecule has 0 radical (unpaired) electrons. The van der Waals surface area contributed by atoms with Crippen molar-refractivity contribution in [3.63, 3.8) is 0 Å². The number of aromatic amines is 1. The summed E-state index contributed by atoms with van der Waals surface area (Å²) < 4.78 is 21.3. The quantitative estimate of drug-likeness (QED) is 0.0580. The zero-order chi connectivity index (χ0) is 26.6. The predicted molar refractivity (Wildman–Crippen MR) is 162 cm³/mol. The van der Waals surface area contributed by atoms with Crippen LogP contribution in [0.15, 0.2) is 15.8 Å². The molecule has 0 aliphatic carbocycles. The van der Waals surface area contributed by atoms with Crippen molar-refractivity contribution in [3.8, 4) is 0 Å². The van der Waals surface area contributed by atoms with Gasteiger partial charge >= 0.3 is 11.7 Å². The van der Waals surface area contributed by atoms with Gasteiger partial charge in [0.2, 0.25) is 5.82 Å². The number of carbonyl (C=O) groups is 1. The zero-order valence-corrected chi connectivity index (χ0v) is 26.2. The van der Waals surface area contributed by atoms with Gasteiger partial charge in [-0.15, -0.1) is 0 Å². The molecule has 0 aliphatic heterocycles. The molecule has 1 heterocycles. The molecule has 0 spiro atoms. The first-order chi connectivity index (χ1) is 17.3. The van der Waals surface area contributed by atoms with Gasteiger partial charge in [0.15, 0.2) is 0 Å². The number of hydrogen-bond donors (Lipinski definition) is 1. The van der Waals surface area contributed by atoms with E-state index in [0.29, 0.717) is 32.4 Å². The van der Waals surface area contributed by atoms with E-state index in [0.717, 1.165) is 37.9 Å². The molecule has 2 atom stereocenters. The summed E-state index contributed by atoms with van der Waals surface area (Å²) in [5.41, 5.74) is -1.61. The van der Waals surface area contributed by atoms with Crippen molar-refractivity contribution in [2.45, 2.75) is 130 Å². The van der Waals surface area contributed by atoms with E-state index < -0.39 is 17.1 Å². The van der Waals surface area contributed by atoms with Gasteiger partial charge in [0.05, 0.1) is 12.8 Å². The largest absolute Gasteiger partial charge is 0.466 e. The number of aryl methyl sites for hydroxylation is 1. The maximum atomic E-state index is 13.2. The Bertz CT molecular complexity index is 831. The second-order valence-electron chi connectivity index (χ2n) is 9.64. The second-order valence-corrected chi connectivity index (χ2v) is 13.2. The molecule has 0 saturated heterocycles. The number of hydrogen-bond acceptors (Lipinski definition) is 4. The lowest BCUT2D eigenvalue weighted by molar-refractivity contribution is -0.143. The van der Waals surface area contributed by atoms with Gasteiger partial charge in [0, 0.05) is 20.8 Å². The molecule has 1 rings (SSSR count). The summed E-state index contributed by atoms with van der Waals surface area (Å²) in [6, 6.07) is 0. The lowest BCUT2D eigenvalue weighted by atomic mass is 10.0. The Morgan fingerprint density at radius 3 is 2.17 bits per heavy atom. The van der Waals surface area contributed by atoms with Gasteiger partial charge in [-0.25, -0.2) is 4.79 Å². The average Bonchev–Trinajstić information content (AvgIpc) is 2.83. The number of nitrogens with one attached hydrogen (secondary N) is 1. The minimum Gasteiger partial charge on any atom is -0.466 e. The van der Waals surface area contributed by atoms with E-state index in [1.807, 2.05) is 4.98 Å². The molecule has 1 N–H and O–H groups in total. The molecule has 208 valence electrons. The second kappa shape index (κ2) is 21.5. The first-order valence-electron chi connectivity index (χ1n) is 13.8. The minimum absolute atomic E-state index is 0.149. The van der Waals surface area contributed by atoms with Crippen molar-refractivity contribution in [3.05, 3.63) is 32.9 Å². The van der Waals surface area contributed by atoms with E-state index in [-0.39, 0.29) is 5.97 Å². The molecule has 1 aromatic heterocycles. The van der Waals surface area contributed by atoms with Crippen LogP contribution < -0.4 is 11.2 Å². The Labute approximate surface area is 243 Å². The van der Waals surface area contributed by atoms with Gasteiger partial charge in [-0.2, -0.15) is 4.39 Å². The average molecular weight is 734 g/mol. The highest BCUT2D eigenvalue weighted by Crippen LogP contribution is 2.23. The maximum Gasteiger partial charge on any atom is 0.328 e. The number of H-pyrrole nitrogens is 1. The van der Waals surface area contributed by atoms with Crippen molar-refractivity contribution < 1.29 is 13.9 Å². The van der Waals surface area contributed by atoms with Gasteiger partial charge in [-0.3, -0.25) is 19.1 Å². The summed E-state index contributed by atoms with van der Waals surface area (Å²) >= 11 is 5.25. The molecule has 2 unspecified atom stereocenters. The van der Waals surface area contributed by atoms with Gasteiger partial charge in [0.25, 0.3) is 5.56 Å². The Balaban J connectivity index is 1.92. The predicted octanol–water partition coefficient (Wildman–Crippen LogP) is 7.48. The molecule has 0 fully saturated rings. The van der Waals surface area contributed by atoms with Crippen LogP contribution in [0.25, 0.3) is 0 Å². The zero-order valence-electron chi connectivity index (χ0n) is 21.9. The molecule has 0 bridgehead atoms. The van der Waals surface area contributed by atoms with Crippen molar-refractivity contribution in [1.29, 1.82) is 0 Å². The molecule has 0 aromatic carbocycles. The van der Waals surface area contributed by atoms with Crippen molar-refractivity contribution in [2.24, 2.45) is 0 Å². The van der Waals surface area contributed by atoms with Crippen LogP contribution >= 0.6 is 45.2 Å². The summed E-state index contributed by atoms with van der Waals surface area (Å²) in [6.07, 6.45) is 19.9. The molecular weight excluding hydrogens is 689 g/mol. The standard InChI is InChI=1S/C27H45FI2N2O4/c1-2-3-8-14-22(29)16-13-17-23(30)15-9-5-4-6-10-18-25(33)36-20-12-7-11-19-32-21-24(28)26(34)31-27(32)35/h21-23H,2-20H2,1H3,(H,31,34,35). The normalized spacial score (nSPS) is 13.0. The first-order valence-corrected chi connectivity index (χ1v) is 16.3. The third-order valence-corrected chi connectivity index (χ3v) is 8.82. The third kappa shape index (κ3) is 17.1. The lowest BCUT2D eigenvalue weighted by Gasteiger charge is -2.12. The molecule has 36 heavy (non-hydrogen) atoms. The van der Waals surface area contributed by atoms with Gasteiger partial charge in [-0.1, -0.05) is 103 Å². The Morgan fingerprint density at radius 1 is 0.889 bits per heavy atom. The number of ether oxygens (including phenoxy) is 1. The molecule has 0 aliphatic rings. The fourth-order valence-corrected chi connectivity index (χ4v) is 5.86. The summed E-state index contributed by atoms with van der Waals surface area (Å²) in [5.74, 6) is -1.12. The number of carbonyl (C=O) groups excluding carboxylic acids is 1. The maximum absolute atomic E-state index is 13.2. The van der Waals surface area contributed by atoms with Gasteiger partial charge in [-0.05, 0) is 51.4 Å². The Morgan fingerprint density at radius 2 is 1.47 bits per heavy atom. The minimum atomic E-state index is -0.999. The van der Waals surface area contributed by atoms with E-state index in [9.17, 15) is 18.8 Å². The van der Waals surface area contributed by atoms with Crippen LogP contribution in [0.4, 0.5) is 4.39 Å².